The number of nitrogens with two attached hydrogens (primary N) is 1. The van der Waals surface area contributed by atoms with E-state index in [0.717, 1.165) is 5.56 Å². The van der Waals surface area contributed by atoms with Crippen molar-refractivity contribution < 1.29 is 19.5 Å². The van der Waals surface area contributed by atoms with Gasteiger partial charge in [-0.2, -0.15) is 11.8 Å². The Morgan fingerprint density at radius 2 is 1.68 bits per heavy atom. The van der Waals surface area contributed by atoms with Gasteiger partial charge in [-0.25, -0.2) is 4.79 Å². The number of aliphatic carboxylic acids is 1. The van der Waals surface area contributed by atoms with Gasteiger partial charge in [0.05, 0.1) is 6.04 Å². The number of carbonyl (C=O) groups is 3. The van der Waals surface area contributed by atoms with Crippen molar-refractivity contribution >= 4 is 29.5 Å². The summed E-state index contributed by atoms with van der Waals surface area (Å²) in [6, 6.07) is 6.79. The third-order valence-electron chi connectivity index (χ3n) is 4.20. The number of rotatable bonds is 12. The highest BCUT2D eigenvalue weighted by atomic mass is 32.2. The van der Waals surface area contributed by atoms with E-state index >= 15 is 0 Å². The van der Waals surface area contributed by atoms with Crippen LogP contribution in [0.25, 0.3) is 0 Å². The molecule has 3 atom stereocenters. The molecule has 0 radical (unpaired) electrons. The number of amides is 2. The fourth-order valence-corrected chi connectivity index (χ4v) is 3.18. The molecule has 0 fully saturated rings. The lowest BCUT2D eigenvalue weighted by Gasteiger charge is -2.24. The fourth-order valence-electron chi connectivity index (χ4n) is 2.71. The quantitative estimate of drug-likeness (QED) is 0.414. The van der Waals surface area contributed by atoms with Crippen LogP contribution in [0.3, 0.4) is 0 Å². The number of benzene rings is 1. The molecular weight excluding hydrogens is 378 g/mol. The van der Waals surface area contributed by atoms with E-state index < -0.39 is 35.9 Å². The first-order valence-corrected chi connectivity index (χ1v) is 10.8. The van der Waals surface area contributed by atoms with Crippen LogP contribution in [0.1, 0.15) is 32.3 Å². The Labute approximate surface area is 170 Å². The number of nitrogens with one attached hydrogen (secondary N) is 2. The van der Waals surface area contributed by atoms with Gasteiger partial charge in [0, 0.05) is 0 Å². The Hall–Kier alpha value is -2.06. The van der Waals surface area contributed by atoms with E-state index in [9.17, 15) is 19.5 Å². The second-order valence-corrected chi connectivity index (χ2v) is 8.15. The van der Waals surface area contributed by atoms with Crippen molar-refractivity contribution in [2.75, 3.05) is 12.0 Å². The Bertz CT molecular complexity index is 640. The summed E-state index contributed by atoms with van der Waals surface area (Å²) in [7, 11) is 0. The number of thioether (sulfide) groups is 1. The lowest BCUT2D eigenvalue weighted by atomic mass is 10.0. The van der Waals surface area contributed by atoms with Gasteiger partial charge in [0.1, 0.15) is 12.1 Å². The van der Waals surface area contributed by atoms with Crippen LogP contribution in [-0.4, -0.2) is 53.0 Å². The topological polar surface area (TPSA) is 122 Å². The lowest BCUT2D eigenvalue weighted by Crippen LogP contribution is -2.55. The van der Waals surface area contributed by atoms with E-state index in [1.54, 1.807) is 0 Å². The van der Waals surface area contributed by atoms with E-state index in [4.69, 9.17) is 5.73 Å². The molecule has 0 aliphatic carbocycles. The van der Waals surface area contributed by atoms with Crippen molar-refractivity contribution in [3.8, 4) is 0 Å². The predicted molar refractivity (Wildman–Crippen MR) is 112 cm³/mol. The highest BCUT2D eigenvalue weighted by Crippen LogP contribution is 2.08. The maximum atomic E-state index is 12.6. The monoisotopic (exact) mass is 409 g/mol. The summed E-state index contributed by atoms with van der Waals surface area (Å²) in [4.78, 5) is 36.5. The van der Waals surface area contributed by atoms with Crippen molar-refractivity contribution in [1.82, 2.24) is 10.6 Å². The average molecular weight is 410 g/mol. The van der Waals surface area contributed by atoms with Crippen LogP contribution in [0.4, 0.5) is 0 Å². The maximum Gasteiger partial charge on any atom is 0.326 e. The van der Waals surface area contributed by atoms with Gasteiger partial charge in [0.2, 0.25) is 11.8 Å². The molecule has 1 rings (SSSR count). The van der Waals surface area contributed by atoms with Crippen LogP contribution >= 0.6 is 11.8 Å². The first-order valence-electron chi connectivity index (χ1n) is 9.36. The van der Waals surface area contributed by atoms with Crippen molar-refractivity contribution in [1.29, 1.82) is 0 Å². The SMILES string of the molecule is CSCC[C@H](NC(=O)[C@H](CC(C)C)NC(=O)[C@@H](N)Cc1ccccc1)C(=O)O. The Kier molecular flexibility index (Phi) is 10.6. The smallest absolute Gasteiger partial charge is 0.326 e. The molecule has 0 aliphatic rings. The van der Waals surface area contributed by atoms with Crippen LogP contribution in [0.2, 0.25) is 0 Å². The number of carboxylic acids is 1. The Balaban J connectivity index is 2.75. The van der Waals surface area contributed by atoms with E-state index in [1.165, 1.54) is 11.8 Å². The third-order valence-corrected chi connectivity index (χ3v) is 4.84. The minimum absolute atomic E-state index is 0.135. The zero-order valence-corrected chi connectivity index (χ0v) is 17.5. The summed E-state index contributed by atoms with van der Waals surface area (Å²) in [5, 5.41) is 14.6. The molecule has 7 nitrogen and oxygen atoms in total. The van der Waals surface area contributed by atoms with Gasteiger partial charge in [-0.05, 0) is 42.8 Å². The molecule has 0 heterocycles. The van der Waals surface area contributed by atoms with E-state index in [1.807, 2.05) is 50.4 Å². The van der Waals surface area contributed by atoms with E-state index in [-0.39, 0.29) is 5.92 Å². The highest BCUT2D eigenvalue weighted by Gasteiger charge is 2.28. The first kappa shape index (κ1) is 24.0. The molecule has 8 heteroatoms. The number of carbonyl (C=O) groups excluding carboxylic acids is 2. The fraction of sp³-hybridized carbons (Fsp3) is 0.550. The second-order valence-electron chi connectivity index (χ2n) is 7.17. The van der Waals surface area contributed by atoms with Crippen molar-refractivity contribution in [2.45, 2.75) is 51.2 Å². The van der Waals surface area contributed by atoms with E-state index in [2.05, 4.69) is 10.6 Å². The lowest BCUT2D eigenvalue weighted by molar-refractivity contribution is -0.142. The van der Waals surface area contributed by atoms with Crippen molar-refractivity contribution in [3.05, 3.63) is 35.9 Å². The molecule has 28 heavy (non-hydrogen) atoms. The van der Waals surface area contributed by atoms with Gasteiger partial charge >= 0.3 is 5.97 Å². The third kappa shape index (κ3) is 8.75. The highest BCUT2D eigenvalue weighted by molar-refractivity contribution is 7.98. The van der Waals surface area contributed by atoms with Crippen LogP contribution in [0.15, 0.2) is 30.3 Å². The molecule has 0 saturated heterocycles. The normalized spacial score (nSPS) is 14.2. The molecule has 2 amide bonds. The summed E-state index contributed by atoms with van der Waals surface area (Å²) in [6.07, 6.45) is 2.94. The summed E-state index contributed by atoms with van der Waals surface area (Å²) in [6.45, 7) is 3.86. The Morgan fingerprint density at radius 3 is 2.21 bits per heavy atom. The minimum atomic E-state index is -1.09. The van der Waals surface area contributed by atoms with Gasteiger partial charge in [0.15, 0.2) is 0 Å². The summed E-state index contributed by atoms with van der Waals surface area (Å²) >= 11 is 1.51. The van der Waals surface area contributed by atoms with Gasteiger partial charge in [-0.15, -0.1) is 0 Å². The minimum Gasteiger partial charge on any atom is -0.480 e. The van der Waals surface area contributed by atoms with Gasteiger partial charge in [0.25, 0.3) is 0 Å². The van der Waals surface area contributed by atoms with Crippen molar-refractivity contribution in [3.63, 3.8) is 0 Å². The molecule has 0 aromatic heterocycles. The first-order chi connectivity index (χ1) is 13.2. The average Bonchev–Trinajstić information content (AvgIpc) is 2.64. The molecule has 1 aromatic carbocycles. The van der Waals surface area contributed by atoms with Crippen LogP contribution in [0, 0.1) is 5.92 Å². The van der Waals surface area contributed by atoms with Gasteiger partial charge in [-0.1, -0.05) is 44.2 Å². The van der Waals surface area contributed by atoms with Gasteiger partial charge in [-0.3, -0.25) is 9.59 Å². The molecule has 0 saturated carbocycles. The molecule has 0 aliphatic heterocycles. The van der Waals surface area contributed by atoms with Gasteiger partial charge < -0.3 is 21.5 Å². The standard InChI is InChI=1S/C20H31N3O4S/c1-13(2)11-17(19(25)22-16(20(26)27)9-10-28-3)23-18(24)15(21)12-14-7-5-4-6-8-14/h4-8,13,15-17H,9-12,21H2,1-3H3,(H,22,25)(H,23,24)(H,26,27)/t15-,16-,17-/m0/s1. The van der Waals surface area contributed by atoms with Crippen LogP contribution < -0.4 is 16.4 Å². The molecule has 0 bridgehead atoms. The number of carboxylic acid groups (broad SMARTS) is 1. The molecule has 0 spiro atoms. The predicted octanol–water partition coefficient (Wildman–Crippen LogP) is 1.41. The summed E-state index contributed by atoms with van der Waals surface area (Å²) in [5.41, 5.74) is 6.93. The summed E-state index contributed by atoms with van der Waals surface area (Å²) < 4.78 is 0. The largest absolute Gasteiger partial charge is 0.480 e. The molecule has 1 aromatic rings. The molecule has 5 N–H and O–H groups in total. The second kappa shape index (κ2) is 12.4. The molecular formula is C20H31N3O4S. The molecule has 0 unspecified atom stereocenters. The van der Waals surface area contributed by atoms with E-state index in [0.29, 0.717) is 25.0 Å². The van der Waals surface area contributed by atoms with Crippen LogP contribution in [0.5, 0.6) is 0 Å². The Morgan fingerprint density at radius 1 is 1.07 bits per heavy atom. The van der Waals surface area contributed by atoms with Crippen molar-refractivity contribution in [2.24, 2.45) is 11.7 Å². The number of hydrogen-bond donors (Lipinski definition) is 4. The maximum absolute atomic E-state index is 12.6. The summed E-state index contributed by atoms with van der Waals surface area (Å²) in [5.74, 6) is -1.27. The zero-order valence-electron chi connectivity index (χ0n) is 16.7. The molecule has 156 valence electrons. The number of hydrogen-bond acceptors (Lipinski definition) is 5. The van der Waals surface area contributed by atoms with Crippen LogP contribution in [-0.2, 0) is 20.8 Å². The zero-order chi connectivity index (χ0) is 21.1.